The molecule has 1 aliphatic carbocycles. The third-order valence-corrected chi connectivity index (χ3v) is 6.16. The maximum atomic E-state index is 12.7. The first kappa shape index (κ1) is 21.5. The van der Waals surface area contributed by atoms with E-state index in [1.165, 1.54) is 12.8 Å². The zero-order valence-corrected chi connectivity index (χ0v) is 18.7. The Kier molecular flexibility index (Phi) is 6.99. The van der Waals surface area contributed by atoms with Crippen molar-refractivity contribution in [2.75, 3.05) is 18.4 Å². The number of unbranched alkanes of at least 4 members (excludes halogenated alkanes) is 1. The molecule has 2 atom stereocenters. The highest BCUT2D eigenvalue weighted by atomic mass is 16.2. The average Bonchev–Trinajstić information content (AvgIpc) is 3.28. The number of carbonyl (C=O) groups excluding carboxylic acids is 1. The van der Waals surface area contributed by atoms with Gasteiger partial charge in [0, 0.05) is 30.9 Å². The number of nitrogens with zero attached hydrogens (tertiary/aromatic N) is 3. The molecule has 0 spiro atoms. The second-order valence-electron chi connectivity index (χ2n) is 8.73. The first-order valence-electron chi connectivity index (χ1n) is 11.8. The summed E-state index contributed by atoms with van der Waals surface area (Å²) in [5.74, 6) is 1.89. The monoisotopic (exact) mass is 422 g/mol. The lowest BCUT2D eigenvalue weighted by Gasteiger charge is -2.30. The molecule has 7 heteroatoms. The zero-order chi connectivity index (χ0) is 21.6. The molecule has 1 amide bonds. The van der Waals surface area contributed by atoms with Gasteiger partial charge >= 0.3 is 0 Å². The second-order valence-corrected chi connectivity index (χ2v) is 8.73. The molecule has 0 bridgehead atoms. The van der Waals surface area contributed by atoms with Gasteiger partial charge in [-0.3, -0.25) is 9.79 Å². The van der Waals surface area contributed by atoms with Crippen molar-refractivity contribution in [1.29, 1.82) is 0 Å². The van der Waals surface area contributed by atoms with E-state index in [0.29, 0.717) is 6.54 Å². The van der Waals surface area contributed by atoms with E-state index >= 15 is 0 Å². The Morgan fingerprint density at radius 2 is 2.10 bits per heavy atom. The van der Waals surface area contributed by atoms with Gasteiger partial charge in [0.2, 0.25) is 5.82 Å². The van der Waals surface area contributed by atoms with Gasteiger partial charge in [-0.05, 0) is 44.7 Å². The van der Waals surface area contributed by atoms with Crippen LogP contribution in [0.1, 0.15) is 74.5 Å². The first-order chi connectivity index (χ1) is 15.1. The largest absolute Gasteiger partial charge is 0.374 e. The molecule has 3 N–H and O–H groups in total. The lowest BCUT2D eigenvalue weighted by molar-refractivity contribution is 0.0943. The maximum Gasteiger partial charge on any atom is 0.289 e. The molecular weight excluding hydrogens is 388 g/mol. The van der Waals surface area contributed by atoms with Crippen molar-refractivity contribution in [3.05, 3.63) is 29.6 Å². The third kappa shape index (κ3) is 5.32. The number of hydrogen-bond acceptors (Lipinski definition) is 5. The summed E-state index contributed by atoms with van der Waals surface area (Å²) >= 11 is 0. The highest BCUT2D eigenvalue weighted by Crippen LogP contribution is 2.28. The minimum absolute atomic E-state index is 0.207. The number of rotatable bonds is 7. The molecule has 2 aliphatic rings. The standard InChI is InChI=1S/C24H34N6O/c1-3-4-13-26-24(31)23-28-18-12-11-16(2)15-17(18)22(30-23)29-20-9-6-5-8-19(20)27-21-10-7-14-25-21/h11-12,15,19-20H,3-10,13-14H2,1-2H3,(H,25,27)(H,26,31)(H,28,29,30)/t19-,20+/m1/s1. The van der Waals surface area contributed by atoms with Crippen molar-refractivity contribution < 1.29 is 4.79 Å². The fourth-order valence-electron chi connectivity index (χ4n) is 4.41. The minimum Gasteiger partial charge on any atom is -0.374 e. The highest BCUT2D eigenvalue weighted by molar-refractivity contribution is 5.96. The Balaban J connectivity index is 1.63. The number of nitrogens with one attached hydrogen (secondary N) is 3. The first-order valence-corrected chi connectivity index (χ1v) is 11.8. The second kappa shape index (κ2) is 10.1. The van der Waals surface area contributed by atoms with Crippen molar-refractivity contribution in [3.8, 4) is 0 Å². The Bertz CT molecular complexity index is 948. The van der Waals surface area contributed by atoms with Crippen molar-refractivity contribution >= 4 is 28.5 Å². The van der Waals surface area contributed by atoms with Crippen LogP contribution in [0, 0.1) is 6.92 Å². The molecule has 1 aromatic carbocycles. The van der Waals surface area contributed by atoms with E-state index in [-0.39, 0.29) is 23.8 Å². The van der Waals surface area contributed by atoms with Gasteiger partial charge in [-0.15, -0.1) is 0 Å². The molecule has 0 unspecified atom stereocenters. The topological polar surface area (TPSA) is 91.3 Å². The van der Waals surface area contributed by atoms with Crippen LogP contribution in [0.25, 0.3) is 10.9 Å². The summed E-state index contributed by atoms with van der Waals surface area (Å²) in [6, 6.07) is 6.53. The van der Waals surface area contributed by atoms with Gasteiger partial charge in [-0.2, -0.15) is 0 Å². The van der Waals surface area contributed by atoms with Gasteiger partial charge in [0.15, 0.2) is 0 Å². The molecule has 2 fully saturated rings. The van der Waals surface area contributed by atoms with Gasteiger partial charge in [-0.25, -0.2) is 9.97 Å². The lowest BCUT2D eigenvalue weighted by Crippen LogP contribution is -2.37. The molecular formula is C24H34N6O. The Morgan fingerprint density at radius 1 is 1.23 bits per heavy atom. The van der Waals surface area contributed by atoms with E-state index in [2.05, 4.69) is 45.8 Å². The van der Waals surface area contributed by atoms with Gasteiger partial charge in [-0.1, -0.05) is 37.8 Å². The quantitative estimate of drug-likeness (QED) is 0.587. The average molecular weight is 423 g/mol. The number of amidine groups is 1. The molecule has 1 aliphatic heterocycles. The molecule has 1 saturated heterocycles. The molecule has 1 aromatic heterocycles. The number of aryl methyl sites for hydroxylation is 1. The van der Waals surface area contributed by atoms with Crippen molar-refractivity contribution in [3.63, 3.8) is 0 Å². The smallest absolute Gasteiger partial charge is 0.289 e. The summed E-state index contributed by atoms with van der Waals surface area (Å²) in [5.41, 5.74) is 1.94. The van der Waals surface area contributed by atoms with Crippen LogP contribution < -0.4 is 16.0 Å². The summed E-state index contributed by atoms with van der Waals surface area (Å²) in [4.78, 5) is 26.9. The van der Waals surface area contributed by atoms with Crippen LogP contribution in [0.3, 0.4) is 0 Å². The highest BCUT2D eigenvalue weighted by Gasteiger charge is 2.27. The number of aliphatic imine (C=N–C) groups is 1. The third-order valence-electron chi connectivity index (χ3n) is 6.16. The van der Waals surface area contributed by atoms with Crippen LogP contribution in [0.5, 0.6) is 0 Å². The van der Waals surface area contributed by atoms with Crippen LogP contribution in [-0.2, 0) is 0 Å². The normalized spacial score (nSPS) is 22.5. The van der Waals surface area contributed by atoms with E-state index in [1.54, 1.807) is 0 Å². The molecule has 0 radical (unpaired) electrons. The van der Waals surface area contributed by atoms with Gasteiger partial charge in [0.05, 0.1) is 17.4 Å². The van der Waals surface area contributed by atoms with Gasteiger partial charge < -0.3 is 16.0 Å². The molecule has 2 aromatic rings. The van der Waals surface area contributed by atoms with E-state index in [0.717, 1.165) is 73.2 Å². The van der Waals surface area contributed by atoms with Crippen LogP contribution in [-0.4, -0.2) is 46.9 Å². The van der Waals surface area contributed by atoms with Gasteiger partial charge in [0.25, 0.3) is 5.91 Å². The molecule has 1 saturated carbocycles. The predicted octanol–water partition coefficient (Wildman–Crippen LogP) is 3.97. The van der Waals surface area contributed by atoms with E-state index in [9.17, 15) is 4.79 Å². The number of carbonyl (C=O) groups is 1. The van der Waals surface area contributed by atoms with Crippen molar-refractivity contribution in [2.24, 2.45) is 4.99 Å². The summed E-state index contributed by atoms with van der Waals surface area (Å²) < 4.78 is 0. The molecule has 166 valence electrons. The Labute approximate surface area is 184 Å². The number of amides is 1. The molecule has 2 heterocycles. The fraction of sp³-hybridized carbons (Fsp3) is 0.583. The molecule has 31 heavy (non-hydrogen) atoms. The van der Waals surface area contributed by atoms with E-state index < -0.39 is 0 Å². The van der Waals surface area contributed by atoms with Crippen LogP contribution in [0.4, 0.5) is 5.82 Å². The number of aromatic nitrogens is 2. The summed E-state index contributed by atoms with van der Waals surface area (Å²) in [6.07, 6.45) is 8.70. The van der Waals surface area contributed by atoms with Crippen molar-refractivity contribution in [1.82, 2.24) is 20.6 Å². The summed E-state index contributed by atoms with van der Waals surface area (Å²) in [5, 5.41) is 11.0. The van der Waals surface area contributed by atoms with Crippen LogP contribution in [0.15, 0.2) is 23.2 Å². The zero-order valence-electron chi connectivity index (χ0n) is 18.7. The predicted molar refractivity (Wildman–Crippen MR) is 126 cm³/mol. The Morgan fingerprint density at radius 3 is 2.90 bits per heavy atom. The fourth-order valence-corrected chi connectivity index (χ4v) is 4.41. The molecule has 7 nitrogen and oxygen atoms in total. The van der Waals surface area contributed by atoms with Gasteiger partial charge in [0.1, 0.15) is 5.82 Å². The number of anilines is 1. The lowest BCUT2D eigenvalue weighted by atomic mass is 9.90. The summed E-state index contributed by atoms with van der Waals surface area (Å²) in [7, 11) is 0. The van der Waals surface area contributed by atoms with E-state index in [4.69, 9.17) is 4.99 Å². The van der Waals surface area contributed by atoms with Crippen LogP contribution in [0.2, 0.25) is 0 Å². The maximum absolute atomic E-state index is 12.7. The number of benzene rings is 1. The van der Waals surface area contributed by atoms with E-state index in [1.807, 2.05) is 12.1 Å². The molecule has 4 rings (SSSR count). The van der Waals surface area contributed by atoms with Crippen molar-refractivity contribution in [2.45, 2.75) is 77.3 Å². The number of fused-ring (bicyclic) bond motifs is 1. The Hall–Kier alpha value is -2.70. The summed E-state index contributed by atoms with van der Waals surface area (Å²) in [6.45, 7) is 5.84. The number of hydrogen-bond donors (Lipinski definition) is 3. The SMILES string of the molecule is CCCCNC(=O)c1nc(N[C@H]2CCCC[C@H]2N=C2CCCN2)c2cc(C)ccc2n1. The minimum atomic E-state index is -0.213. The van der Waals surface area contributed by atoms with Crippen LogP contribution >= 0.6 is 0 Å².